The van der Waals surface area contributed by atoms with Crippen LogP contribution in [0, 0.1) is 5.41 Å². The van der Waals surface area contributed by atoms with Crippen LogP contribution >= 0.6 is 7.60 Å². The highest BCUT2D eigenvalue weighted by molar-refractivity contribution is 7.72. The summed E-state index contributed by atoms with van der Waals surface area (Å²) in [5.74, 6) is 0. The number of hydrogen-bond donors (Lipinski definition) is 0. The van der Waals surface area contributed by atoms with Crippen molar-refractivity contribution in [2.45, 2.75) is 39.5 Å². The van der Waals surface area contributed by atoms with E-state index in [1.54, 1.807) is 24.3 Å². The number of hydrogen-bond acceptors (Lipinski definition) is 4. The Hall–Kier alpha value is -0.960. The number of rotatable bonds is 6. The van der Waals surface area contributed by atoms with Crippen molar-refractivity contribution in [3.8, 4) is 0 Å². The van der Waals surface area contributed by atoms with E-state index in [0.29, 0.717) is 18.8 Å². The van der Waals surface area contributed by atoms with Crippen LogP contribution in [0.1, 0.15) is 49.9 Å². The minimum absolute atomic E-state index is 0.110. The van der Waals surface area contributed by atoms with Gasteiger partial charge in [0.2, 0.25) is 0 Å². The molecule has 0 saturated carbocycles. The second-order valence-corrected chi connectivity index (χ2v) is 7.59. The molecule has 0 aromatic heterocycles. The van der Waals surface area contributed by atoms with E-state index < -0.39 is 13.1 Å². The van der Waals surface area contributed by atoms with Gasteiger partial charge in [0, 0.05) is 11.0 Å². The molecule has 1 aromatic carbocycles. The molecule has 0 N–H and O–H groups in total. The lowest BCUT2D eigenvalue weighted by atomic mass is 9.82. The number of benzene rings is 1. The summed E-state index contributed by atoms with van der Waals surface area (Å²) >= 11 is 0. The standard InChI is InChI=1S/C16H23O4P/c1-3-5-11-16(4-2)12-19-21(18,20-13-16)15(17)14-9-7-6-8-10-14/h6-10H,3-5,11-13H2,1-2H3. The maximum absolute atomic E-state index is 12.6. The topological polar surface area (TPSA) is 52.6 Å². The Labute approximate surface area is 126 Å². The maximum Gasteiger partial charge on any atom is 0.401 e. The summed E-state index contributed by atoms with van der Waals surface area (Å²) in [6.07, 6.45) is 4.05. The highest BCUT2D eigenvalue weighted by Crippen LogP contribution is 2.57. The first kappa shape index (κ1) is 16.4. The van der Waals surface area contributed by atoms with Crippen molar-refractivity contribution in [1.82, 2.24) is 0 Å². The van der Waals surface area contributed by atoms with Crippen LogP contribution in [0.25, 0.3) is 0 Å². The molecule has 0 radical (unpaired) electrons. The monoisotopic (exact) mass is 310 g/mol. The van der Waals surface area contributed by atoms with E-state index in [2.05, 4.69) is 13.8 Å². The predicted octanol–water partition coefficient (Wildman–Crippen LogP) is 4.65. The van der Waals surface area contributed by atoms with Crippen molar-refractivity contribution < 1.29 is 18.4 Å². The van der Waals surface area contributed by atoms with Gasteiger partial charge >= 0.3 is 7.60 Å². The summed E-state index contributed by atoms with van der Waals surface area (Å²) in [6, 6.07) is 8.55. The number of carbonyl (C=O) groups is 1. The number of carbonyl (C=O) groups excluding carboxylic acids is 1. The normalized spacial score (nSPS) is 29.2. The van der Waals surface area contributed by atoms with Gasteiger partial charge in [-0.1, -0.05) is 57.0 Å². The van der Waals surface area contributed by atoms with E-state index in [1.165, 1.54) is 0 Å². The minimum atomic E-state index is -3.69. The van der Waals surface area contributed by atoms with Crippen molar-refractivity contribution in [1.29, 1.82) is 0 Å². The molecule has 0 amide bonds. The molecule has 0 spiro atoms. The number of unbranched alkanes of at least 4 members (excludes halogenated alkanes) is 1. The molecule has 1 saturated heterocycles. The molecule has 0 aliphatic carbocycles. The van der Waals surface area contributed by atoms with E-state index in [0.717, 1.165) is 25.7 Å². The van der Waals surface area contributed by atoms with Crippen molar-refractivity contribution >= 4 is 13.1 Å². The van der Waals surface area contributed by atoms with Gasteiger partial charge in [-0.15, -0.1) is 0 Å². The van der Waals surface area contributed by atoms with Crippen molar-refractivity contribution in [3.05, 3.63) is 35.9 Å². The van der Waals surface area contributed by atoms with Crippen LogP contribution in [-0.4, -0.2) is 18.7 Å². The van der Waals surface area contributed by atoms with Crippen LogP contribution in [0.15, 0.2) is 30.3 Å². The zero-order valence-electron chi connectivity index (χ0n) is 12.7. The molecule has 0 atom stereocenters. The fourth-order valence-electron chi connectivity index (χ4n) is 2.46. The second-order valence-electron chi connectivity index (χ2n) is 5.67. The summed E-state index contributed by atoms with van der Waals surface area (Å²) in [4.78, 5) is 12.3. The Kier molecular flexibility index (Phi) is 5.37. The third-order valence-electron chi connectivity index (χ3n) is 4.16. The molecule has 0 unspecified atom stereocenters. The van der Waals surface area contributed by atoms with Gasteiger partial charge < -0.3 is 9.05 Å². The largest absolute Gasteiger partial charge is 0.401 e. The molecule has 0 bridgehead atoms. The molecule has 2 rings (SSSR count). The molecule has 1 aliphatic rings. The minimum Gasteiger partial charge on any atom is -0.302 e. The van der Waals surface area contributed by atoms with E-state index >= 15 is 0 Å². The van der Waals surface area contributed by atoms with E-state index in [1.807, 2.05) is 6.07 Å². The Morgan fingerprint density at radius 1 is 1.19 bits per heavy atom. The molecule has 1 aromatic rings. The lowest BCUT2D eigenvalue weighted by Gasteiger charge is -2.38. The Bertz CT molecular complexity index is 514. The highest BCUT2D eigenvalue weighted by atomic mass is 31.2. The summed E-state index contributed by atoms with van der Waals surface area (Å²) < 4.78 is 23.6. The van der Waals surface area contributed by atoms with Crippen molar-refractivity contribution in [2.24, 2.45) is 5.41 Å². The van der Waals surface area contributed by atoms with Gasteiger partial charge in [-0.3, -0.25) is 9.36 Å². The Morgan fingerprint density at radius 2 is 1.81 bits per heavy atom. The fourth-order valence-corrected chi connectivity index (χ4v) is 4.12. The summed E-state index contributed by atoms with van der Waals surface area (Å²) in [5.41, 5.74) is -0.275. The first-order valence-corrected chi connectivity index (χ1v) is 9.08. The third-order valence-corrected chi connectivity index (χ3v) is 5.86. The van der Waals surface area contributed by atoms with Crippen LogP contribution in [0.4, 0.5) is 0 Å². The SMILES string of the molecule is CCCCC1(CC)COP(=O)(C(=O)c2ccccc2)OC1. The molecule has 5 heteroatoms. The first-order valence-electron chi connectivity index (χ1n) is 7.54. The molecule has 1 aliphatic heterocycles. The third kappa shape index (κ3) is 3.63. The van der Waals surface area contributed by atoms with Crippen molar-refractivity contribution in [2.75, 3.05) is 13.2 Å². The predicted molar refractivity (Wildman–Crippen MR) is 82.5 cm³/mol. The molecule has 1 heterocycles. The molecule has 116 valence electrons. The quantitative estimate of drug-likeness (QED) is 0.717. The average Bonchev–Trinajstić information content (AvgIpc) is 2.55. The summed E-state index contributed by atoms with van der Waals surface area (Å²) in [6.45, 7) is 4.88. The first-order chi connectivity index (χ1) is 10.1. The Balaban J connectivity index is 2.08. The molecular formula is C16H23O4P. The Morgan fingerprint density at radius 3 is 2.33 bits per heavy atom. The van der Waals surface area contributed by atoms with Crippen LogP contribution < -0.4 is 0 Å². The van der Waals surface area contributed by atoms with Crippen LogP contribution in [0.3, 0.4) is 0 Å². The lowest BCUT2D eigenvalue weighted by Crippen LogP contribution is -2.36. The second kappa shape index (κ2) is 6.87. The molecule has 21 heavy (non-hydrogen) atoms. The van der Waals surface area contributed by atoms with E-state index in [-0.39, 0.29) is 5.41 Å². The summed E-state index contributed by atoms with van der Waals surface area (Å²) in [7, 11) is -3.69. The van der Waals surface area contributed by atoms with Gasteiger partial charge in [0.15, 0.2) is 0 Å². The van der Waals surface area contributed by atoms with Gasteiger partial charge in [-0.05, 0) is 12.8 Å². The average molecular weight is 310 g/mol. The van der Waals surface area contributed by atoms with Gasteiger partial charge in [0.1, 0.15) is 0 Å². The van der Waals surface area contributed by atoms with Gasteiger partial charge in [-0.2, -0.15) is 0 Å². The van der Waals surface area contributed by atoms with Gasteiger partial charge in [-0.25, -0.2) is 0 Å². The highest BCUT2D eigenvalue weighted by Gasteiger charge is 2.45. The maximum atomic E-state index is 12.6. The summed E-state index contributed by atoms with van der Waals surface area (Å²) in [5, 5.41) is 0. The molecule has 4 nitrogen and oxygen atoms in total. The lowest BCUT2D eigenvalue weighted by molar-refractivity contribution is 0.00725. The van der Waals surface area contributed by atoms with Crippen LogP contribution in [0.5, 0.6) is 0 Å². The zero-order chi connectivity index (χ0) is 15.3. The van der Waals surface area contributed by atoms with Gasteiger partial charge in [0.05, 0.1) is 13.2 Å². The van der Waals surface area contributed by atoms with Crippen LogP contribution in [-0.2, 0) is 13.6 Å². The fraction of sp³-hybridized carbons (Fsp3) is 0.562. The van der Waals surface area contributed by atoms with E-state index in [4.69, 9.17) is 9.05 Å². The van der Waals surface area contributed by atoms with Gasteiger partial charge in [0.25, 0.3) is 5.52 Å². The smallest absolute Gasteiger partial charge is 0.302 e. The molecular weight excluding hydrogens is 287 g/mol. The molecule has 1 fully saturated rings. The van der Waals surface area contributed by atoms with Crippen molar-refractivity contribution in [3.63, 3.8) is 0 Å². The van der Waals surface area contributed by atoms with Crippen LogP contribution in [0.2, 0.25) is 0 Å². The zero-order valence-corrected chi connectivity index (χ0v) is 13.6. The van der Waals surface area contributed by atoms with E-state index in [9.17, 15) is 9.36 Å².